The quantitative estimate of drug-likeness (QED) is 0.824. The van der Waals surface area contributed by atoms with Crippen LogP contribution in [0.2, 0.25) is 0 Å². The number of carbonyl (C=O) groups is 1. The van der Waals surface area contributed by atoms with Crippen LogP contribution in [0.15, 0.2) is 34.5 Å². The highest BCUT2D eigenvalue weighted by atomic mass is 32.2. The van der Waals surface area contributed by atoms with E-state index in [1.165, 1.54) is 14.7 Å². The predicted molar refractivity (Wildman–Crippen MR) is 109 cm³/mol. The topological polar surface area (TPSA) is 75.7 Å². The molecule has 1 saturated heterocycles. The van der Waals surface area contributed by atoms with E-state index in [1.807, 2.05) is 5.38 Å². The fraction of sp³-hybridized carbons (Fsp3) is 0.450. The van der Waals surface area contributed by atoms with Gasteiger partial charge in [0.05, 0.1) is 23.7 Å². The number of carbonyl (C=O) groups excluding carboxylic acids is 1. The van der Waals surface area contributed by atoms with Crippen LogP contribution in [0, 0.1) is 5.92 Å². The minimum absolute atomic E-state index is 0.129. The van der Waals surface area contributed by atoms with Crippen molar-refractivity contribution in [3.05, 3.63) is 45.6 Å². The molecule has 4 rings (SSSR count). The second-order valence-electron chi connectivity index (χ2n) is 7.39. The van der Waals surface area contributed by atoms with E-state index in [-0.39, 0.29) is 10.8 Å². The molecule has 150 valence electrons. The monoisotopic (exact) mass is 420 g/mol. The largest absolute Gasteiger partial charge is 0.379 e. The normalized spacial score (nSPS) is 20.5. The molecule has 1 fully saturated rings. The van der Waals surface area contributed by atoms with Gasteiger partial charge in [0.1, 0.15) is 0 Å². The Bertz CT molecular complexity index is 961. The van der Waals surface area contributed by atoms with Crippen molar-refractivity contribution in [2.45, 2.75) is 31.1 Å². The highest BCUT2D eigenvalue weighted by Gasteiger charge is 2.26. The van der Waals surface area contributed by atoms with Gasteiger partial charge in [-0.15, -0.1) is 11.3 Å². The summed E-state index contributed by atoms with van der Waals surface area (Å²) < 4.78 is 32.0. The number of sulfonamides is 1. The molecule has 1 atom stereocenters. The number of morpholine rings is 1. The third kappa shape index (κ3) is 3.87. The molecule has 28 heavy (non-hydrogen) atoms. The molecule has 8 heteroatoms. The van der Waals surface area contributed by atoms with Crippen LogP contribution in [0.25, 0.3) is 0 Å². The number of anilines is 1. The maximum Gasteiger partial charge on any atom is 0.256 e. The number of ether oxygens (including phenoxy) is 1. The number of nitrogens with one attached hydrogen (secondary N) is 1. The molecule has 2 heterocycles. The maximum atomic E-state index is 12.7. The second kappa shape index (κ2) is 7.94. The number of thiophene rings is 1. The standard InChI is InChI=1S/C20H24N2O4S2/c1-14-2-7-17-18(13-27-19(17)12-14)20(23)21-15-3-5-16(6-4-15)28(24,25)22-8-10-26-11-9-22/h3-6,13-14H,2,7-12H2,1H3,(H,21,23). The molecule has 1 aromatic heterocycles. The molecule has 2 aromatic rings. The molecule has 2 aliphatic rings. The van der Waals surface area contributed by atoms with Crippen LogP contribution < -0.4 is 5.32 Å². The lowest BCUT2D eigenvalue weighted by atomic mass is 9.88. The molecule has 0 bridgehead atoms. The van der Waals surface area contributed by atoms with Crippen LogP contribution in [-0.2, 0) is 27.6 Å². The first-order valence-corrected chi connectivity index (χ1v) is 11.9. The Morgan fingerprint density at radius 3 is 2.64 bits per heavy atom. The van der Waals surface area contributed by atoms with Crippen LogP contribution >= 0.6 is 11.3 Å². The molecule has 0 spiro atoms. The van der Waals surface area contributed by atoms with Crippen molar-refractivity contribution in [3.8, 4) is 0 Å². The van der Waals surface area contributed by atoms with Gasteiger partial charge >= 0.3 is 0 Å². The average Bonchev–Trinajstić information content (AvgIpc) is 3.12. The summed E-state index contributed by atoms with van der Waals surface area (Å²) >= 11 is 1.66. The number of amides is 1. The van der Waals surface area contributed by atoms with E-state index in [0.29, 0.717) is 37.9 Å². The first-order chi connectivity index (χ1) is 13.4. The average molecular weight is 421 g/mol. The molecular weight excluding hydrogens is 396 g/mol. The van der Waals surface area contributed by atoms with E-state index in [4.69, 9.17) is 4.74 Å². The fourth-order valence-corrected chi connectivity index (χ4v) is 6.36. The summed E-state index contributed by atoms with van der Waals surface area (Å²) in [6.07, 6.45) is 3.10. The third-order valence-electron chi connectivity index (χ3n) is 5.37. The summed E-state index contributed by atoms with van der Waals surface area (Å²) in [5.74, 6) is 0.541. The Labute approximate surface area is 169 Å². The van der Waals surface area contributed by atoms with E-state index < -0.39 is 10.0 Å². The summed E-state index contributed by atoms with van der Waals surface area (Å²) in [7, 11) is -3.53. The zero-order valence-corrected chi connectivity index (χ0v) is 17.4. The van der Waals surface area contributed by atoms with Gasteiger partial charge in [-0.1, -0.05) is 6.92 Å². The van der Waals surface area contributed by atoms with Crippen LogP contribution in [0.3, 0.4) is 0 Å². The summed E-state index contributed by atoms with van der Waals surface area (Å²) in [6, 6.07) is 6.38. The van der Waals surface area contributed by atoms with Gasteiger partial charge in [0, 0.05) is 29.0 Å². The highest BCUT2D eigenvalue weighted by molar-refractivity contribution is 7.89. The van der Waals surface area contributed by atoms with Crippen molar-refractivity contribution in [2.24, 2.45) is 5.92 Å². The molecular formula is C20H24N2O4S2. The van der Waals surface area contributed by atoms with E-state index >= 15 is 0 Å². The van der Waals surface area contributed by atoms with Crippen molar-refractivity contribution >= 4 is 33.0 Å². The zero-order chi connectivity index (χ0) is 19.7. The minimum Gasteiger partial charge on any atom is -0.379 e. The molecule has 1 unspecified atom stereocenters. The Morgan fingerprint density at radius 1 is 1.21 bits per heavy atom. The molecule has 6 nitrogen and oxygen atoms in total. The number of hydrogen-bond donors (Lipinski definition) is 1. The first-order valence-electron chi connectivity index (χ1n) is 9.53. The lowest BCUT2D eigenvalue weighted by Crippen LogP contribution is -2.40. The van der Waals surface area contributed by atoms with Crippen LogP contribution in [-0.4, -0.2) is 44.9 Å². The summed E-state index contributed by atoms with van der Waals surface area (Å²) in [6.45, 7) is 3.80. The van der Waals surface area contributed by atoms with Crippen molar-refractivity contribution in [2.75, 3.05) is 31.6 Å². The molecule has 1 aliphatic heterocycles. The number of fused-ring (bicyclic) bond motifs is 1. The highest BCUT2D eigenvalue weighted by Crippen LogP contribution is 2.33. The van der Waals surface area contributed by atoms with Gasteiger partial charge in [-0.25, -0.2) is 8.42 Å². The Kier molecular flexibility index (Phi) is 5.55. The smallest absolute Gasteiger partial charge is 0.256 e. The summed E-state index contributed by atoms with van der Waals surface area (Å²) in [5, 5.41) is 4.84. The molecule has 1 aromatic carbocycles. The number of rotatable bonds is 4. The van der Waals surface area contributed by atoms with E-state index in [1.54, 1.807) is 35.6 Å². The SMILES string of the molecule is CC1CCc2c(C(=O)Nc3ccc(S(=O)(=O)N4CCOCC4)cc3)csc2C1. The molecule has 0 radical (unpaired) electrons. The van der Waals surface area contributed by atoms with Crippen molar-refractivity contribution < 1.29 is 17.9 Å². The zero-order valence-electron chi connectivity index (χ0n) is 15.8. The molecule has 0 saturated carbocycles. The van der Waals surface area contributed by atoms with Gasteiger partial charge in [-0.3, -0.25) is 4.79 Å². The lowest BCUT2D eigenvalue weighted by Gasteiger charge is -2.26. The predicted octanol–water partition coefficient (Wildman–Crippen LogP) is 3.15. The fourth-order valence-electron chi connectivity index (χ4n) is 3.71. The Morgan fingerprint density at radius 2 is 1.93 bits per heavy atom. The van der Waals surface area contributed by atoms with E-state index in [2.05, 4.69) is 12.2 Å². The number of benzene rings is 1. The minimum atomic E-state index is -3.53. The molecule has 1 aliphatic carbocycles. The van der Waals surface area contributed by atoms with Gasteiger partial charge in [0.15, 0.2) is 0 Å². The van der Waals surface area contributed by atoms with Gasteiger partial charge in [0.25, 0.3) is 5.91 Å². The van der Waals surface area contributed by atoms with Gasteiger partial charge in [-0.2, -0.15) is 4.31 Å². The Hall–Kier alpha value is -1.74. The molecule has 1 amide bonds. The third-order valence-corrected chi connectivity index (χ3v) is 8.33. The van der Waals surface area contributed by atoms with Gasteiger partial charge < -0.3 is 10.1 Å². The number of nitrogens with zero attached hydrogens (tertiary/aromatic N) is 1. The van der Waals surface area contributed by atoms with Gasteiger partial charge in [0.2, 0.25) is 10.0 Å². The van der Waals surface area contributed by atoms with E-state index in [0.717, 1.165) is 24.8 Å². The Balaban J connectivity index is 1.47. The summed E-state index contributed by atoms with van der Waals surface area (Å²) in [4.78, 5) is 14.3. The first kappa shape index (κ1) is 19.6. The van der Waals surface area contributed by atoms with Crippen molar-refractivity contribution in [1.29, 1.82) is 0 Å². The van der Waals surface area contributed by atoms with Crippen LogP contribution in [0.1, 0.15) is 34.1 Å². The van der Waals surface area contributed by atoms with Crippen LogP contribution in [0.5, 0.6) is 0 Å². The molecule has 1 N–H and O–H groups in total. The van der Waals surface area contributed by atoms with Crippen molar-refractivity contribution in [1.82, 2.24) is 4.31 Å². The van der Waals surface area contributed by atoms with Crippen LogP contribution in [0.4, 0.5) is 5.69 Å². The second-order valence-corrected chi connectivity index (χ2v) is 10.3. The maximum absolute atomic E-state index is 12.7. The summed E-state index contributed by atoms with van der Waals surface area (Å²) in [5.41, 5.74) is 2.51. The number of hydrogen-bond acceptors (Lipinski definition) is 5. The van der Waals surface area contributed by atoms with Crippen molar-refractivity contribution in [3.63, 3.8) is 0 Å². The van der Waals surface area contributed by atoms with Gasteiger partial charge in [-0.05, 0) is 55.0 Å². The van der Waals surface area contributed by atoms with E-state index in [9.17, 15) is 13.2 Å². The lowest BCUT2D eigenvalue weighted by molar-refractivity contribution is 0.0730.